The van der Waals surface area contributed by atoms with Crippen LogP contribution in [0, 0.1) is 10.1 Å². The highest BCUT2D eigenvalue weighted by atomic mass is 16.6. The third-order valence-electron chi connectivity index (χ3n) is 2.64. The number of nitrogens with one attached hydrogen (secondary N) is 2. The number of carbonyl (C=O) groups is 1. The summed E-state index contributed by atoms with van der Waals surface area (Å²) in [5.74, 6) is -0.375. The van der Waals surface area contributed by atoms with Gasteiger partial charge in [0.2, 0.25) is 0 Å². The molecule has 0 bridgehead atoms. The van der Waals surface area contributed by atoms with Crippen molar-refractivity contribution in [1.82, 2.24) is 15.5 Å². The third kappa shape index (κ3) is 2.68. The summed E-state index contributed by atoms with van der Waals surface area (Å²) in [5, 5.41) is 20.4. The fourth-order valence-electron chi connectivity index (χ4n) is 1.68. The summed E-state index contributed by atoms with van der Waals surface area (Å²) in [6.45, 7) is 0.922. The zero-order valence-corrected chi connectivity index (χ0v) is 10.0. The van der Waals surface area contributed by atoms with Crippen molar-refractivity contribution in [2.45, 2.75) is 6.42 Å². The molecule has 1 aromatic carbocycles. The lowest BCUT2D eigenvalue weighted by Crippen LogP contribution is -2.26. The Morgan fingerprint density at radius 1 is 1.53 bits per heavy atom. The van der Waals surface area contributed by atoms with Crippen LogP contribution in [0.5, 0.6) is 0 Å². The van der Waals surface area contributed by atoms with Gasteiger partial charge in [-0.25, -0.2) is 0 Å². The average Bonchev–Trinajstić information content (AvgIpc) is 2.81. The molecule has 0 fully saturated rings. The normalized spacial score (nSPS) is 10.6. The van der Waals surface area contributed by atoms with Crippen LogP contribution in [0.25, 0.3) is 10.9 Å². The Labute approximate surface area is 108 Å². The molecule has 0 atom stereocenters. The van der Waals surface area contributed by atoms with E-state index in [1.54, 1.807) is 0 Å². The standard InChI is InChI=1S/C11H13N5O3/c12-4-1-5-13-11(17)10-8-6-7(16(18)19)2-3-9(8)14-15-10/h2-3,6H,1,4-5,12H2,(H,13,17)(H,14,15). The Morgan fingerprint density at radius 2 is 2.32 bits per heavy atom. The Balaban J connectivity index is 2.30. The van der Waals surface area contributed by atoms with Gasteiger partial charge in [0.25, 0.3) is 11.6 Å². The fourth-order valence-corrected chi connectivity index (χ4v) is 1.68. The van der Waals surface area contributed by atoms with Crippen molar-refractivity contribution in [1.29, 1.82) is 0 Å². The van der Waals surface area contributed by atoms with Crippen molar-refractivity contribution >= 4 is 22.5 Å². The molecule has 2 aromatic rings. The second-order valence-electron chi connectivity index (χ2n) is 3.96. The Bertz CT molecular complexity index is 622. The highest BCUT2D eigenvalue weighted by molar-refractivity contribution is 6.05. The predicted octanol–water partition coefficient (Wildman–Crippen LogP) is 0.550. The molecule has 0 saturated carbocycles. The second-order valence-corrected chi connectivity index (χ2v) is 3.96. The van der Waals surface area contributed by atoms with Gasteiger partial charge in [0.05, 0.1) is 10.4 Å². The monoisotopic (exact) mass is 263 g/mol. The molecule has 1 amide bonds. The second kappa shape index (κ2) is 5.44. The van der Waals surface area contributed by atoms with Crippen LogP contribution in [0.2, 0.25) is 0 Å². The number of non-ortho nitro benzene ring substituents is 1. The predicted molar refractivity (Wildman–Crippen MR) is 68.8 cm³/mol. The Hall–Kier alpha value is -2.48. The largest absolute Gasteiger partial charge is 0.351 e. The lowest BCUT2D eigenvalue weighted by molar-refractivity contribution is -0.384. The number of nitro benzene ring substituents is 1. The van der Waals surface area contributed by atoms with E-state index < -0.39 is 4.92 Å². The van der Waals surface area contributed by atoms with Gasteiger partial charge in [-0.15, -0.1) is 0 Å². The summed E-state index contributed by atoms with van der Waals surface area (Å²) in [4.78, 5) is 22.1. The summed E-state index contributed by atoms with van der Waals surface area (Å²) >= 11 is 0. The van der Waals surface area contributed by atoms with E-state index in [2.05, 4.69) is 15.5 Å². The molecular formula is C11H13N5O3. The minimum atomic E-state index is -0.511. The van der Waals surface area contributed by atoms with Crippen LogP contribution in [-0.2, 0) is 0 Å². The third-order valence-corrected chi connectivity index (χ3v) is 2.64. The molecule has 0 spiro atoms. The molecule has 0 aliphatic rings. The van der Waals surface area contributed by atoms with E-state index in [4.69, 9.17) is 5.73 Å². The zero-order valence-electron chi connectivity index (χ0n) is 10.0. The first-order valence-electron chi connectivity index (χ1n) is 5.74. The van der Waals surface area contributed by atoms with Gasteiger partial charge in [0, 0.05) is 24.1 Å². The lowest BCUT2D eigenvalue weighted by atomic mass is 10.2. The molecule has 8 nitrogen and oxygen atoms in total. The summed E-state index contributed by atoms with van der Waals surface area (Å²) < 4.78 is 0. The lowest BCUT2D eigenvalue weighted by Gasteiger charge is -2.01. The molecule has 0 radical (unpaired) electrons. The topological polar surface area (TPSA) is 127 Å². The van der Waals surface area contributed by atoms with Crippen LogP contribution in [0.15, 0.2) is 18.2 Å². The number of hydrogen-bond donors (Lipinski definition) is 3. The van der Waals surface area contributed by atoms with Gasteiger partial charge < -0.3 is 11.1 Å². The number of benzene rings is 1. The van der Waals surface area contributed by atoms with Gasteiger partial charge in [0.15, 0.2) is 5.69 Å². The molecule has 0 aliphatic carbocycles. The smallest absolute Gasteiger partial charge is 0.272 e. The van der Waals surface area contributed by atoms with Gasteiger partial charge >= 0.3 is 0 Å². The Morgan fingerprint density at radius 3 is 3.00 bits per heavy atom. The molecule has 100 valence electrons. The van der Waals surface area contributed by atoms with E-state index in [0.717, 1.165) is 0 Å². The quantitative estimate of drug-likeness (QED) is 0.412. The van der Waals surface area contributed by atoms with E-state index in [9.17, 15) is 14.9 Å². The van der Waals surface area contributed by atoms with Gasteiger partial charge in [0.1, 0.15) is 0 Å². The van der Waals surface area contributed by atoms with E-state index in [-0.39, 0.29) is 17.3 Å². The molecule has 0 unspecified atom stereocenters. The zero-order chi connectivity index (χ0) is 13.8. The van der Waals surface area contributed by atoms with E-state index >= 15 is 0 Å². The molecule has 19 heavy (non-hydrogen) atoms. The molecule has 8 heteroatoms. The van der Waals surface area contributed by atoms with E-state index in [0.29, 0.717) is 30.4 Å². The van der Waals surface area contributed by atoms with Gasteiger partial charge in [-0.3, -0.25) is 20.0 Å². The molecule has 0 saturated heterocycles. The number of nitrogens with two attached hydrogens (primary N) is 1. The van der Waals surface area contributed by atoms with Crippen LogP contribution < -0.4 is 11.1 Å². The molecule has 4 N–H and O–H groups in total. The highest BCUT2D eigenvalue weighted by Gasteiger charge is 2.16. The van der Waals surface area contributed by atoms with Crippen LogP contribution in [0.3, 0.4) is 0 Å². The molecule has 1 heterocycles. The van der Waals surface area contributed by atoms with Crippen molar-refractivity contribution in [2.24, 2.45) is 5.73 Å². The maximum Gasteiger partial charge on any atom is 0.272 e. The number of carbonyl (C=O) groups excluding carboxylic acids is 1. The molecule has 2 rings (SSSR count). The summed E-state index contributed by atoms with van der Waals surface area (Å²) in [5.41, 5.74) is 5.98. The minimum Gasteiger partial charge on any atom is -0.351 e. The van der Waals surface area contributed by atoms with Crippen molar-refractivity contribution in [2.75, 3.05) is 13.1 Å². The average molecular weight is 263 g/mol. The van der Waals surface area contributed by atoms with Crippen LogP contribution in [0.4, 0.5) is 5.69 Å². The summed E-state index contributed by atoms with van der Waals surface area (Å²) in [6.07, 6.45) is 0.661. The van der Waals surface area contributed by atoms with Gasteiger partial charge in [-0.1, -0.05) is 0 Å². The number of aromatic nitrogens is 2. The van der Waals surface area contributed by atoms with Crippen molar-refractivity contribution in [3.63, 3.8) is 0 Å². The van der Waals surface area contributed by atoms with Crippen molar-refractivity contribution < 1.29 is 9.72 Å². The SMILES string of the molecule is NCCCNC(=O)c1n[nH]c2ccc([N+](=O)[O-])cc12. The van der Waals surface area contributed by atoms with Crippen LogP contribution in [-0.4, -0.2) is 34.1 Å². The van der Waals surface area contributed by atoms with Crippen molar-refractivity contribution in [3.8, 4) is 0 Å². The summed E-state index contributed by atoms with van der Waals surface area (Å²) in [7, 11) is 0. The number of fused-ring (bicyclic) bond motifs is 1. The molecular weight excluding hydrogens is 250 g/mol. The summed E-state index contributed by atoms with van der Waals surface area (Å²) in [6, 6.07) is 4.21. The number of nitrogens with zero attached hydrogens (tertiary/aromatic N) is 2. The number of H-pyrrole nitrogens is 1. The maximum absolute atomic E-state index is 11.9. The number of aromatic amines is 1. The fraction of sp³-hybridized carbons (Fsp3) is 0.273. The van der Waals surface area contributed by atoms with Crippen molar-refractivity contribution in [3.05, 3.63) is 34.0 Å². The molecule has 0 aliphatic heterocycles. The van der Waals surface area contributed by atoms with Crippen LogP contribution in [0.1, 0.15) is 16.9 Å². The highest BCUT2D eigenvalue weighted by Crippen LogP contribution is 2.21. The number of rotatable bonds is 5. The van der Waals surface area contributed by atoms with Crippen LogP contribution >= 0.6 is 0 Å². The number of amides is 1. The minimum absolute atomic E-state index is 0.0788. The van der Waals surface area contributed by atoms with E-state index in [1.165, 1.54) is 18.2 Å². The Kier molecular flexibility index (Phi) is 3.71. The molecule has 1 aromatic heterocycles. The number of nitro groups is 1. The first-order valence-corrected chi connectivity index (χ1v) is 5.74. The van der Waals surface area contributed by atoms with E-state index in [1.807, 2.05) is 0 Å². The first-order chi connectivity index (χ1) is 9.13. The number of hydrogen-bond acceptors (Lipinski definition) is 5. The van der Waals surface area contributed by atoms with Gasteiger partial charge in [-0.2, -0.15) is 5.10 Å². The maximum atomic E-state index is 11.9. The first kappa shape index (κ1) is 13.0. The van der Waals surface area contributed by atoms with Gasteiger partial charge in [-0.05, 0) is 19.0 Å².